The van der Waals surface area contributed by atoms with E-state index in [1.165, 1.54) is 19.2 Å². The van der Waals surface area contributed by atoms with Crippen molar-refractivity contribution in [3.8, 4) is 17.0 Å². The number of methoxy groups -OCH3 is 1. The molecule has 0 saturated carbocycles. The van der Waals surface area contributed by atoms with Gasteiger partial charge in [-0.05, 0) is 12.1 Å². The van der Waals surface area contributed by atoms with Crippen LogP contribution in [-0.2, 0) is 0 Å². The summed E-state index contributed by atoms with van der Waals surface area (Å²) >= 11 is 0. The van der Waals surface area contributed by atoms with Gasteiger partial charge in [-0.2, -0.15) is 0 Å². The summed E-state index contributed by atoms with van der Waals surface area (Å²) < 4.78 is 32.3. The molecule has 0 amide bonds. The largest absolute Gasteiger partial charge is 0.497 e. The highest BCUT2D eigenvalue weighted by molar-refractivity contribution is 5.62. The van der Waals surface area contributed by atoms with E-state index in [-0.39, 0.29) is 17.2 Å². The summed E-state index contributed by atoms with van der Waals surface area (Å²) in [6.45, 7) is 0. The van der Waals surface area contributed by atoms with Crippen molar-refractivity contribution in [2.45, 2.75) is 0 Å². The van der Waals surface area contributed by atoms with Gasteiger partial charge in [0, 0.05) is 18.7 Å². The molecule has 6 heteroatoms. The van der Waals surface area contributed by atoms with Crippen LogP contribution in [0.15, 0.2) is 24.4 Å². The van der Waals surface area contributed by atoms with E-state index in [2.05, 4.69) is 15.3 Å². The molecule has 2 aromatic rings. The zero-order chi connectivity index (χ0) is 13.1. The van der Waals surface area contributed by atoms with Crippen molar-refractivity contribution >= 4 is 5.95 Å². The Kier molecular flexibility index (Phi) is 3.36. The van der Waals surface area contributed by atoms with Crippen LogP contribution >= 0.6 is 0 Å². The Balaban J connectivity index is 2.54. The lowest BCUT2D eigenvalue weighted by Crippen LogP contribution is -2.01. The van der Waals surface area contributed by atoms with Crippen molar-refractivity contribution in [1.82, 2.24) is 9.97 Å². The molecule has 1 heterocycles. The topological polar surface area (TPSA) is 47.0 Å². The number of nitrogens with one attached hydrogen (secondary N) is 1. The predicted octanol–water partition coefficient (Wildman–Crippen LogP) is 2.47. The SMILES string of the molecule is CNc1ncc(F)c(-c2ccc(OC)cc2F)n1. The van der Waals surface area contributed by atoms with E-state index in [0.717, 1.165) is 6.20 Å². The third-order valence-corrected chi connectivity index (χ3v) is 2.40. The molecule has 0 radical (unpaired) electrons. The first kappa shape index (κ1) is 12.2. The Morgan fingerprint density at radius 1 is 1.22 bits per heavy atom. The quantitative estimate of drug-likeness (QED) is 0.910. The summed E-state index contributed by atoms with van der Waals surface area (Å²) in [5.74, 6) is -0.701. The number of nitrogens with zero attached hydrogens (tertiary/aromatic N) is 2. The maximum absolute atomic E-state index is 13.8. The minimum atomic E-state index is -0.682. The molecule has 0 aliphatic rings. The second-order valence-electron chi connectivity index (χ2n) is 3.49. The molecule has 0 fully saturated rings. The number of hydrogen-bond acceptors (Lipinski definition) is 4. The van der Waals surface area contributed by atoms with E-state index in [1.54, 1.807) is 13.1 Å². The fourth-order valence-electron chi connectivity index (χ4n) is 1.49. The highest BCUT2D eigenvalue weighted by atomic mass is 19.1. The number of halogens is 2. The average Bonchev–Trinajstić information content (AvgIpc) is 2.39. The molecule has 4 nitrogen and oxygen atoms in total. The average molecular weight is 251 g/mol. The first-order chi connectivity index (χ1) is 8.65. The van der Waals surface area contributed by atoms with Gasteiger partial charge >= 0.3 is 0 Å². The number of rotatable bonds is 3. The van der Waals surface area contributed by atoms with Crippen LogP contribution in [0, 0.1) is 11.6 Å². The minimum Gasteiger partial charge on any atom is -0.497 e. The predicted molar refractivity (Wildman–Crippen MR) is 63.5 cm³/mol. The molecule has 0 aliphatic heterocycles. The molecular weight excluding hydrogens is 240 g/mol. The van der Waals surface area contributed by atoms with Crippen LogP contribution in [-0.4, -0.2) is 24.1 Å². The van der Waals surface area contributed by atoms with Gasteiger partial charge in [0.2, 0.25) is 5.95 Å². The Morgan fingerprint density at radius 3 is 2.61 bits per heavy atom. The summed E-state index contributed by atoms with van der Waals surface area (Å²) in [4.78, 5) is 7.60. The third kappa shape index (κ3) is 2.22. The van der Waals surface area contributed by atoms with Gasteiger partial charge in [-0.3, -0.25) is 0 Å². The number of ether oxygens (including phenoxy) is 1. The second kappa shape index (κ2) is 4.95. The fraction of sp³-hybridized carbons (Fsp3) is 0.167. The maximum Gasteiger partial charge on any atom is 0.223 e. The van der Waals surface area contributed by atoms with Crippen molar-refractivity contribution in [2.75, 3.05) is 19.5 Å². The number of hydrogen-bond donors (Lipinski definition) is 1. The van der Waals surface area contributed by atoms with Gasteiger partial charge in [-0.1, -0.05) is 0 Å². The number of aromatic nitrogens is 2. The van der Waals surface area contributed by atoms with E-state index in [4.69, 9.17) is 4.74 Å². The molecule has 0 aliphatic carbocycles. The normalized spacial score (nSPS) is 10.2. The van der Waals surface area contributed by atoms with Crippen LogP contribution in [0.4, 0.5) is 14.7 Å². The zero-order valence-electron chi connectivity index (χ0n) is 9.87. The van der Waals surface area contributed by atoms with Crippen molar-refractivity contribution in [2.24, 2.45) is 0 Å². The number of anilines is 1. The molecular formula is C12H11F2N3O. The van der Waals surface area contributed by atoms with Crippen LogP contribution in [0.5, 0.6) is 5.75 Å². The van der Waals surface area contributed by atoms with Gasteiger partial charge < -0.3 is 10.1 Å². The van der Waals surface area contributed by atoms with Gasteiger partial charge in [-0.15, -0.1) is 0 Å². The lowest BCUT2D eigenvalue weighted by atomic mass is 10.1. The number of benzene rings is 1. The third-order valence-electron chi connectivity index (χ3n) is 2.40. The van der Waals surface area contributed by atoms with E-state index in [1.807, 2.05) is 0 Å². The summed E-state index contributed by atoms with van der Waals surface area (Å²) in [6.07, 6.45) is 0.998. The highest BCUT2D eigenvalue weighted by Gasteiger charge is 2.14. The first-order valence-electron chi connectivity index (χ1n) is 5.20. The molecule has 1 aromatic heterocycles. The molecule has 1 N–H and O–H groups in total. The van der Waals surface area contributed by atoms with Gasteiger partial charge in [-0.25, -0.2) is 18.7 Å². The van der Waals surface area contributed by atoms with Gasteiger partial charge in [0.25, 0.3) is 0 Å². The monoisotopic (exact) mass is 251 g/mol. The Labute approximate surface area is 103 Å². The molecule has 1 aromatic carbocycles. The van der Waals surface area contributed by atoms with E-state index in [0.29, 0.717) is 5.75 Å². The fourth-order valence-corrected chi connectivity index (χ4v) is 1.49. The smallest absolute Gasteiger partial charge is 0.223 e. The molecule has 0 unspecified atom stereocenters. The van der Waals surface area contributed by atoms with Crippen LogP contribution in [0.3, 0.4) is 0 Å². The molecule has 0 atom stereocenters. The lowest BCUT2D eigenvalue weighted by Gasteiger charge is -2.07. The van der Waals surface area contributed by atoms with Crippen molar-refractivity contribution in [3.05, 3.63) is 36.0 Å². The van der Waals surface area contributed by atoms with Crippen molar-refractivity contribution in [3.63, 3.8) is 0 Å². The van der Waals surface area contributed by atoms with Gasteiger partial charge in [0.15, 0.2) is 5.82 Å². The van der Waals surface area contributed by atoms with Gasteiger partial charge in [0.05, 0.1) is 13.3 Å². The molecule has 0 spiro atoms. The molecule has 0 bridgehead atoms. The standard InChI is InChI=1S/C12H11F2N3O/c1-15-12-16-6-10(14)11(17-12)8-4-3-7(18-2)5-9(8)13/h3-6H,1-2H3,(H,15,16,17). The van der Waals surface area contributed by atoms with E-state index >= 15 is 0 Å². The highest BCUT2D eigenvalue weighted by Crippen LogP contribution is 2.27. The molecule has 18 heavy (non-hydrogen) atoms. The molecule has 94 valence electrons. The first-order valence-corrected chi connectivity index (χ1v) is 5.20. The summed E-state index contributed by atoms with van der Waals surface area (Å²) in [5, 5.41) is 2.67. The maximum atomic E-state index is 13.8. The van der Waals surface area contributed by atoms with E-state index in [9.17, 15) is 8.78 Å². The summed E-state index contributed by atoms with van der Waals surface area (Å²) in [5.41, 5.74) is -0.0262. The Hall–Kier alpha value is -2.24. The van der Waals surface area contributed by atoms with Crippen molar-refractivity contribution in [1.29, 1.82) is 0 Å². The zero-order valence-corrected chi connectivity index (χ0v) is 9.87. The Morgan fingerprint density at radius 2 is 2.00 bits per heavy atom. The van der Waals surface area contributed by atoms with Crippen molar-refractivity contribution < 1.29 is 13.5 Å². The van der Waals surface area contributed by atoms with Crippen LogP contribution in [0.1, 0.15) is 0 Å². The van der Waals surface area contributed by atoms with E-state index < -0.39 is 11.6 Å². The van der Waals surface area contributed by atoms with Crippen LogP contribution in [0.2, 0.25) is 0 Å². The van der Waals surface area contributed by atoms with Crippen LogP contribution < -0.4 is 10.1 Å². The molecule has 2 rings (SSSR count). The summed E-state index contributed by atoms with van der Waals surface area (Å²) in [6, 6.07) is 4.13. The molecule has 0 saturated heterocycles. The summed E-state index contributed by atoms with van der Waals surface area (Å²) in [7, 11) is 3.03. The van der Waals surface area contributed by atoms with Gasteiger partial charge in [0.1, 0.15) is 17.3 Å². The van der Waals surface area contributed by atoms with Crippen LogP contribution in [0.25, 0.3) is 11.3 Å². The minimum absolute atomic E-state index is 0.0622. The lowest BCUT2D eigenvalue weighted by molar-refractivity contribution is 0.411. The second-order valence-corrected chi connectivity index (χ2v) is 3.49. The Bertz CT molecular complexity index is 575.